The van der Waals surface area contributed by atoms with Crippen molar-refractivity contribution in [3.63, 3.8) is 0 Å². The zero-order chi connectivity index (χ0) is 14.3. The second kappa shape index (κ2) is 5.60. The number of anilines is 1. The maximum absolute atomic E-state index is 12.6. The van der Waals surface area contributed by atoms with Crippen LogP contribution in [0.2, 0.25) is 0 Å². The largest absolute Gasteiger partial charge is 0.299 e. The van der Waals surface area contributed by atoms with Crippen molar-refractivity contribution >= 4 is 63.2 Å². The van der Waals surface area contributed by atoms with E-state index in [4.69, 9.17) is 12.2 Å². The van der Waals surface area contributed by atoms with Gasteiger partial charge in [-0.25, -0.2) is 0 Å². The zero-order valence-corrected chi connectivity index (χ0v) is 14.1. The molecule has 3 rings (SSSR count). The predicted octanol–water partition coefficient (Wildman–Crippen LogP) is 4.50. The van der Waals surface area contributed by atoms with E-state index in [1.165, 1.54) is 0 Å². The van der Waals surface area contributed by atoms with Crippen molar-refractivity contribution < 1.29 is 4.79 Å². The summed E-state index contributed by atoms with van der Waals surface area (Å²) in [6, 6.07) is 7.73. The van der Waals surface area contributed by atoms with E-state index in [0.717, 1.165) is 30.4 Å². The molecule has 0 aliphatic carbocycles. The van der Waals surface area contributed by atoms with Gasteiger partial charge in [0.25, 0.3) is 0 Å². The van der Waals surface area contributed by atoms with Gasteiger partial charge in [-0.1, -0.05) is 36.1 Å². The summed E-state index contributed by atoms with van der Waals surface area (Å²) in [5, 5.41) is 1.02. The number of hydrogen-bond donors (Lipinski definition) is 0. The molecule has 1 aromatic carbocycles. The molecule has 0 N–H and O–H groups in total. The maximum Gasteiger partial charge on any atom is 0.213 e. The molecule has 0 saturated heterocycles. The molecule has 0 bridgehead atoms. The topological polar surface area (TPSA) is 20.3 Å². The number of carbonyl (C=O) groups excluding carboxylic acids is 1. The summed E-state index contributed by atoms with van der Waals surface area (Å²) in [5.74, 6) is 0.107. The fourth-order valence-electron chi connectivity index (χ4n) is 2.20. The van der Waals surface area contributed by atoms with Crippen LogP contribution in [0, 0.1) is 0 Å². The standard InChI is InChI=1S/C14H11NOS4/c1-18-11(17)7-10-15-9-6-4-3-5-8(9)13(16)12(15)14(19-2)20-10/h3-7H,1-2H3/b10-7-. The van der Waals surface area contributed by atoms with Crippen LogP contribution in [0.4, 0.5) is 5.69 Å². The Labute approximate surface area is 136 Å². The molecular weight excluding hydrogens is 326 g/mol. The Hall–Kier alpha value is -0.690. The van der Waals surface area contributed by atoms with Gasteiger partial charge in [-0.15, -0.1) is 23.5 Å². The van der Waals surface area contributed by atoms with Gasteiger partial charge in [0.15, 0.2) is 0 Å². The number of nitrogens with zero attached hydrogens (tertiary/aromatic N) is 1. The molecule has 0 fully saturated rings. The Kier molecular flexibility index (Phi) is 3.99. The number of para-hydroxylation sites is 1. The van der Waals surface area contributed by atoms with Gasteiger partial charge in [0.05, 0.1) is 19.2 Å². The average Bonchev–Trinajstić information content (AvgIpc) is 2.97. The lowest BCUT2D eigenvalue weighted by Gasteiger charge is -2.16. The van der Waals surface area contributed by atoms with E-state index in [-0.39, 0.29) is 5.78 Å². The van der Waals surface area contributed by atoms with Gasteiger partial charge in [-0.2, -0.15) is 0 Å². The van der Waals surface area contributed by atoms with Crippen LogP contribution in [0.1, 0.15) is 10.4 Å². The van der Waals surface area contributed by atoms with E-state index < -0.39 is 0 Å². The van der Waals surface area contributed by atoms with E-state index in [2.05, 4.69) is 0 Å². The third-order valence-electron chi connectivity index (χ3n) is 3.07. The molecule has 1 aromatic rings. The number of carbonyl (C=O) groups is 1. The van der Waals surface area contributed by atoms with Crippen molar-refractivity contribution in [1.82, 2.24) is 0 Å². The first-order valence-corrected chi connectivity index (χ1v) is 9.54. The third-order valence-corrected chi connectivity index (χ3v) is 6.41. The Morgan fingerprint density at radius 3 is 2.80 bits per heavy atom. The summed E-state index contributed by atoms with van der Waals surface area (Å²) in [7, 11) is 0. The van der Waals surface area contributed by atoms with E-state index in [9.17, 15) is 4.79 Å². The van der Waals surface area contributed by atoms with E-state index in [1.54, 1.807) is 35.3 Å². The van der Waals surface area contributed by atoms with Crippen LogP contribution in [-0.4, -0.2) is 22.5 Å². The average molecular weight is 338 g/mol. The van der Waals surface area contributed by atoms with Crippen molar-refractivity contribution in [1.29, 1.82) is 0 Å². The summed E-state index contributed by atoms with van der Waals surface area (Å²) < 4.78 is 1.87. The van der Waals surface area contributed by atoms with Gasteiger partial charge in [-0.3, -0.25) is 9.69 Å². The highest BCUT2D eigenvalue weighted by atomic mass is 32.2. The minimum atomic E-state index is 0.107. The fourth-order valence-corrected chi connectivity index (χ4v) is 4.59. The number of hydrogen-bond acceptors (Lipinski definition) is 6. The molecule has 2 aliphatic rings. The summed E-state index contributed by atoms with van der Waals surface area (Å²) in [6.07, 6.45) is 5.94. The van der Waals surface area contributed by atoms with Crippen LogP contribution in [0.5, 0.6) is 0 Å². The highest BCUT2D eigenvalue weighted by Crippen LogP contribution is 2.53. The molecule has 2 heterocycles. The van der Waals surface area contributed by atoms with Gasteiger partial charge in [-0.05, 0) is 30.7 Å². The molecule has 20 heavy (non-hydrogen) atoms. The molecule has 0 aromatic heterocycles. The third kappa shape index (κ3) is 2.15. The second-order valence-corrected chi connectivity index (χ2v) is 7.78. The molecule has 0 unspecified atom stereocenters. The molecular formula is C14H11NOS4. The van der Waals surface area contributed by atoms with Crippen molar-refractivity contribution in [3.05, 3.63) is 50.9 Å². The quantitative estimate of drug-likeness (QED) is 0.581. The fraction of sp³-hybridized carbons (Fsp3) is 0.143. The first-order valence-electron chi connectivity index (χ1n) is 5.87. The van der Waals surface area contributed by atoms with Crippen LogP contribution in [0.25, 0.3) is 0 Å². The highest BCUT2D eigenvalue weighted by molar-refractivity contribution is 8.25. The number of thiocarbonyl (C=S) groups is 1. The molecule has 0 radical (unpaired) electrons. The van der Waals surface area contributed by atoms with Crippen molar-refractivity contribution in [2.75, 3.05) is 17.4 Å². The molecule has 2 nitrogen and oxygen atoms in total. The summed E-state index contributed by atoms with van der Waals surface area (Å²) >= 11 is 10.1. The number of Topliss-reactive ketones (excluding diaryl/α,β-unsaturated/α-hetero) is 1. The van der Waals surface area contributed by atoms with Gasteiger partial charge in [0, 0.05) is 5.56 Å². The van der Waals surface area contributed by atoms with E-state index in [0.29, 0.717) is 0 Å². The molecule has 0 amide bonds. The van der Waals surface area contributed by atoms with Crippen molar-refractivity contribution in [3.8, 4) is 0 Å². The Morgan fingerprint density at radius 1 is 1.35 bits per heavy atom. The first-order chi connectivity index (χ1) is 9.67. The second-order valence-electron chi connectivity index (χ2n) is 4.13. The van der Waals surface area contributed by atoms with Crippen LogP contribution in [0.3, 0.4) is 0 Å². The molecule has 0 spiro atoms. The van der Waals surface area contributed by atoms with Crippen molar-refractivity contribution in [2.45, 2.75) is 0 Å². The predicted molar refractivity (Wildman–Crippen MR) is 95.6 cm³/mol. The minimum absolute atomic E-state index is 0.107. The maximum atomic E-state index is 12.6. The van der Waals surface area contributed by atoms with Crippen LogP contribution >= 0.6 is 47.5 Å². The lowest BCUT2D eigenvalue weighted by atomic mass is 10.1. The lowest BCUT2D eigenvalue weighted by molar-refractivity contribution is 0.104. The molecule has 2 aliphatic heterocycles. The number of allylic oxidation sites excluding steroid dienone is 1. The number of ketones is 1. The Balaban J connectivity index is 2.15. The van der Waals surface area contributed by atoms with Crippen LogP contribution in [0.15, 0.2) is 45.3 Å². The van der Waals surface area contributed by atoms with E-state index >= 15 is 0 Å². The molecule has 6 heteroatoms. The van der Waals surface area contributed by atoms with Gasteiger partial charge in [0.2, 0.25) is 5.78 Å². The number of rotatable bonds is 2. The SMILES string of the molecule is CSC(=S)/C=C1\SC(SC)=C2C(=O)c3ccccc3N21. The van der Waals surface area contributed by atoms with Crippen molar-refractivity contribution in [2.24, 2.45) is 0 Å². The smallest absolute Gasteiger partial charge is 0.213 e. The normalized spacial score (nSPS) is 18.8. The van der Waals surface area contributed by atoms with Crippen LogP contribution in [-0.2, 0) is 0 Å². The zero-order valence-electron chi connectivity index (χ0n) is 10.9. The Bertz CT molecular complexity index is 678. The summed E-state index contributed by atoms with van der Waals surface area (Å²) in [6.45, 7) is 0. The van der Waals surface area contributed by atoms with Crippen LogP contribution < -0.4 is 4.90 Å². The number of thioether (sulfide) groups is 3. The molecule has 0 atom stereocenters. The molecule has 0 saturated carbocycles. The molecule has 102 valence electrons. The number of benzene rings is 1. The number of fused-ring (bicyclic) bond motifs is 3. The summed E-state index contributed by atoms with van der Waals surface area (Å²) in [4.78, 5) is 14.6. The Morgan fingerprint density at radius 2 is 2.10 bits per heavy atom. The first kappa shape index (κ1) is 14.3. The van der Waals surface area contributed by atoms with Gasteiger partial charge >= 0.3 is 0 Å². The highest BCUT2D eigenvalue weighted by Gasteiger charge is 2.41. The lowest BCUT2D eigenvalue weighted by Crippen LogP contribution is -2.14. The van der Waals surface area contributed by atoms with Gasteiger partial charge in [0.1, 0.15) is 5.70 Å². The van der Waals surface area contributed by atoms with E-state index in [1.807, 2.05) is 47.8 Å². The summed E-state index contributed by atoms with van der Waals surface area (Å²) in [5.41, 5.74) is 2.51. The minimum Gasteiger partial charge on any atom is -0.299 e. The monoisotopic (exact) mass is 337 g/mol. The van der Waals surface area contributed by atoms with Gasteiger partial charge < -0.3 is 0 Å².